The summed E-state index contributed by atoms with van der Waals surface area (Å²) in [5.74, 6) is 0. The van der Waals surface area contributed by atoms with Gasteiger partial charge in [-0.2, -0.15) is 0 Å². The lowest BCUT2D eigenvalue weighted by Crippen LogP contribution is -2.68. The Hall–Kier alpha value is -1.24. The van der Waals surface area contributed by atoms with Gasteiger partial charge in [0.15, 0.2) is 37.7 Å². The summed E-state index contributed by atoms with van der Waals surface area (Å²) < 4.78 is 66.2. The molecule has 0 saturated carbocycles. The molecule has 0 radical (unpaired) electrons. The molecule has 68 heavy (non-hydrogen) atoms. The van der Waals surface area contributed by atoms with Crippen LogP contribution in [0, 0.1) is 0 Å². The van der Waals surface area contributed by atoms with Crippen molar-refractivity contribution >= 4 is 0 Å². The zero-order valence-corrected chi connectivity index (χ0v) is 36.0. The standard InChI is InChI=1S/C37H64O31/c1-57-32-22(52)27(15(45)9(3-39)58-32)65-34-24(54)29(17(47)11(5-41)60-34)67-36-26(56)31(19(49)13(7-43)62-36)68-37-25(55)30(18(48)12(6-42)63-37)66-35-23(53)28(16(46)10(4-40)61-35)64-33-21(51)20(50)14(44)8(2-38)59-33/h8-56H,2-7H2,1H3/t8-,9-,10-,11-,12-,13-,14-,15-,16-,17-,18-,19-,20+,21+,22+,23+,24+,25+,26+,27+,28+,29+,30+,31+,32+,33-,34-,35-,36-,37-/m1/s1. The van der Waals surface area contributed by atoms with E-state index in [0.29, 0.717) is 0 Å². The Morgan fingerprint density at radius 1 is 0.250 bits per heavy atom. The Bertz CT molecular complexity index is 1510. The van der Waals surface area contributed by atoms with Gasteiger partial charge in [-0.3, -0.25) is 0 Å². The molecule has 0 bridgehead atoms. The largest absolute Gasteiger partial charge is 0.394 e. The van der Waals surface area contributed by atoms with E-state index in [1.54, 1.807) is 0 Å². The fraction of sp³-hybridized carbons (Fsp3) is 1.00. The molecular weight excluding hydrogens is 940 g/mol. The summed E-state index contributed by atoms with van der Waals surface area (Å²) in [6.45, 7) is -5.65. The van der Waals surface area contributed by atoms with Crippen LogP contribution in [0.4, 0.5) is 0 Å². The van der Waals surface area contributed by atoms with Gasteiger partial charge in [0.1, 0.15) is 146 Å². The Labute approximate surface area is 384 Å². The minimum Gasteiger partial charge on any atom is -0.394 e. The molecule has 19 N–H and O–H groups in total. The van der Waals surface area contributed by atoms with Gasteiger partial charge in [0.05, 0.1) is 39.6 Å². The number of hydrogen-bond donors (Lipinski definition) is 19. The van der Waals surface area contributed by atoms with E-state index in [1.807, 2.05) is 0 Å². The maximum atomic E-state index is 11.6. The third kappa shape index (κ3) is 11.3. The summed E-state index contributed by atoms with van der Waals surface area (Å²) in [6.07, 6.45) is -57.1. The molecule has 6 fully saturated rings. The Morgan fingerprint density at radius 3 is 0.662 bits per heavy atom. The van der Waals surface area contributed by atoms with Crippen molar-refractivity contribution in [2.45, 2.75) is 184 Å². The van der Waals surface area contributed by atoms with Gasteiger partial charge in [-0.25, -0.2) is 0 Å². The van der Waals surface area contributed by atoms with Crippen LogP contribution < -0.4 is 0 Å². The van der Waals surface area contributed by atoms with Gasteiger partial charge in [0, 0.05) is 7.11 Å². The van der Waals surface area contributed by atoms with Crippen LogP contribution in [-0.4, -0.2) is 328 Å². The van der Waals surface area contributed by atoms with Crippen molar-refractivity contribution < 1.29 is 154 Å². The molecule has 0 aromatic carbocycles. The summed E-state index contributed by atoms with van der Waals surface area (Å²) in [4.78, 5) is 0. The van der Waals surface area contributed by atoms with Crippen LogP contribution in [0.1, 0.15) is 0 Å². The van der Waals surface area contributed by atoms with E-state index >= 15 is 0 Å². The first kappa shape index (κ1) is 56.1. The van der Waals surface area contributed by atoms with E-state index in [4.69, 9.17) is 56.8 Å². The van der Waals surface area contributed by atoms with Crippen molar-refractivity contribution in [3.8, 4) is 0 Å². The number of aliphatic hydroxyl groups excluding tert-OH is 19. The van der Waals surface area contributed by atoms with Crippen molar-refractivity contribution in [2.24, 2.45) is 0 Å². The van der Waals surface area contributed by atoms with Crippen molar-refractivity contribution in [2.75, 3.05) is 46.8 Å². The molecule has 6 aliphatic heterocycles. The summed E-state index contributed by atoms with van der Waals surface area (Å²) in [6, 6.07) is 0. The van der Waals surface area contributed by atoms with Crippen molar-refractivity contribution in [1.29, 1.82) is 0 Å². The summed E-state index contributed by atoms with van der Waals surface area (Å²) in [5, 5.41) is 202. The van der Waals surface area contributed by atoms with Crippen LogP contribution in [-0.2, 0) is 56.8 Å². The van der Waals surface area contributed by atoms with Crippen LogP contribution in [0.3, 0.4) is 0 Å². The lowest BCUT2D eigenvalue weighted by Gasteiger charge is -2.50. The summed E-state index contributed by atoms with van der Waals surface area (Å²) in [5.41, 5.74) is 0. The van der Waals surface area contributed by atoms with Gasteiger partial charge in [-0.05, 0) is 0 Å². The minimum atomic E-state index is -2.25. The highest BCUT2D eigenvalue weighted by molar-refractivity contribution is 5.00. The fourth-order valence-corrected chi connectivity index (χ4v) is 8.67. The average Bonchev–Trinajstić information content (AvgIpc) is 3.33. The Morgan fingerprint density at radius 2 is 0.441 bits per heavy atom. The maximum Gasteiger partial charge on any atom is 0.187 e. The zero-order valence-electron chi connectivity index (χ0n) is 36.0. The molecule has 0 aromatic rings. The van der Waals surface area contributed by atoms with E-state index in [0.717, 1.165) is 7.11 Å². The Kier molecular flexibility index (Phi) is 19.9. The predicted molar refractivity (Wildman–Crippen MR) is 204 cm³/mol. The second-order valence-corrected chi connectivity index (χ2v) is 17.0. The first-order valence-electron chi connectivity index (χ1n) is 21.5. The number of methoxy groups -OCH3 is 1. The predicted octanol–water partition coefficient (Wildman–Crippen LogP) is -13.4. The number of rotatable bonds is 17. The van der Waals surface area contributed by atoms with Crippen LogP contribution in [0.5, 0.6) is 0 Å². The quantitative estimate of drug-likeness (QED) is 0.0643. The molecule has 31 nitrogen and oxygen atoms in total. The van der Waals surface area contributed by atoms with E-state index in [-0.39, 0.29) is 0 Å². The molecule has 0 aromatic heterocycles. The zero-order chi connectivity index (χ0) is 50.0. The molecule has 6 saturated heterocycles. The van der Waals surface area contributed by atoms with Crippen LogP contribution in [0.2, 0.25) is 0 Å². The first-order valence-corrected chi connectivity index (χ1v) is 21.5. The Balaban J connectivity index is 1.19. The maximum absolute atomic E-state index is 11.6. The van der Waals surface area contributed by atoms with Gasteiger partial charge < -0.3 is 154 Å². The molecule has 6 aliphatic rings. The van der Waals surface area contributed by atoms with Crippen molar-refractivity contribution in [1.82, 2.24) is 0 Å². The number of hydrogen-bond acceptors (Lipinski definition) is 31. The molecule has 0 amide bonds. The van der Waals surface area contributed by atoms with E-state index in [2.05, 4.69) is 0 Å². The second-order valence-electron chi connectivity index (χ2n) is 17.0. The van der Waals surface area contributed by atoms with Crippen LogP contribution in [0.25, 0.3) is 0 Å². The number of ether oxygens (including phenoxy) is 12. The number of aliphatic hydroxyl groups is 19. The molecule has 6 rings (SSSR count). The average molecular weight is 1000 g/mol. The fourth-order valence-electron chi connectivity index (χ4n) is 8.67. The van der Waals surface area contributed by atoms with Gasteiger partial charge >= 0.3 is 0 Å². The molecule has 30 atom stereocenters. The SMILES string of the molecule is CO[C@H]1O[C@H](CO)[C@@H](O)[C@H](O[C@H]2O[C@H](CO)[C@@H](O)[C@H](O[C@H]3O[C@H](CO)[C@@H](O)[C@H](O[C@H]4O[C@H](CO)[C@@H](O)[C@H](O[C@H]5O[C@H](CO)[C@@H](O)[C@H](O[C@H]6O[C@H](CO)[C@@H](O)[C@H](O)[C@@H]6O)[C@@H]5O)[C@@H]4O)[C@@H]3O)[C@@H]2O)[C@@H]1O. The summed E-state index contributed by atoms with van der Waals surface area (Å²) in [7, 11) is 1.14. The lowest BCUT2D eigenvalue weighted by atomic mass is 9.95. The summed E-state index contributed by atoms with van der Waals surface area (Å²) >= 11 is 0. The van der Waals surface area contributed by atoms with Gasteiger partial charge in [-0.15, -0.1) is 0 Å². The first-order chi connectivity index (χ1) is 32.3. The highest BCUT2D eigenvalue weighted by Crippen LogP contribution is 2.37. The third-order valence-corrected chi connectivity index (χ3v) is 12.6. The second kappa shape index (κ2) is 24.2. The van der Waals surface area contributed by atoms with Crippen molar-refractivity contribution in [3.05, 3.63) is 0 Å². The highest BCUT2D eigenvalue weighted by Gasteiger charge is 2.58. The minimum absolute atomic E-state index is 0.775. The van der Waals surface area contributed by atoms with Crippen LogP contribution in [0.15, 0.2) is 0 Å². The van der Waals surface area contributed by atoms with Crippen LogP contribution >= 0.6 is 0 Å². The van der Waals surface area contributed by atoms with E-state index in [1.165, 1.54) is 0 Å². The van der Waals surface area contributed by atoms with E-state index in [9.17, 15) is 97.0 Å². The smallest absolute Gasteiger partial charge is 0.187 e. The third-order valence-electron chi connectivity index (χ3n) is 12.6. The molecule has 0 spiro atoms. The lowest BCUT2D eigenvalue weighted by molar-refractivity contribution is -0.398. The van der Waals surface area contributed by atoms with E-state index < -0.39 is 224 Å². The molecule has 398 valence electrons. The molecule has 0 aliphatic carbocycles. The highest BCUT2D eigenvalue weighted by atomic mass is 16.8. The molecule has 0 unspecified atom stereocenters. The molecule has 6 heterocycles. The van der Waals surface area contributed by atoms with Gasteiger partial charge in [0.2, 0.25) is 0 Å². The monoisotopic (exact) mass is 1000 g/mol. The van der Waals surface area contributed by atoms with Crippen molar-refractivity contribution in [3.63, 3.8) is 0 Å². The molecular formula is C37H64O31. The normalized spacial score (nSPS) is 52.8. The van der Waals surface area contributed by atoms with Gasteiger partial charge in [0.25, 0.3) is 0 Å². The molecule has 31 heteroatoms. The van der Waals surface area contributed by atoms with Gasteiger partial charge in [-0.1, -0.05) is 0 Å². The topological polar surface area (TPSA) is 495 Å².